The van der Waals surface area contributed by atoms with E-state index in [-0.39, 0.29) is 5.79 Å². The minimum Gasteiger partial charge on any atom is -0.375 e. The van der Waals surface area contributed by atoms with E-state index < -0.39 is 0 Å². The second kappa shape index (κ2) is 6.15. The van der Waals surface area contributed by atoms with Crippen LogP contribution in [0.4, 0.5) is 0 Å². The predicted octanol–water partition coefficient (Wildman–Crippen LogP) is 2.56. The molecule has 0 aromatic heterocycles. The summed E-state index contributed by atoms with van der Waals surface area (Å²) in [5, 5.41) is 0. The van der Waals surface area contributed by atoms with E-state index in [9.17, 15) is 0 Å². The Labute approximate surface area is 128 Å². The van der Waals surface area contributed by atoms with Crippen LogP contribution < -0.4 is 0 Å². The zero-order valence-corrected chi connectivity index (χ0v) is 13.1. The molecule has 21 heavy (non-hydrogen) atoms. The van der Waals surface area contributed by atoms with Crippen LogP contribution >= 0.6 is 0 Å². The van der Waals surface area contributed by atoms with Gasteiger partial charge in [0.25, 0.3) is 0 Å². The summed E-state index contributed by atoms with van der Waals surface area (Å²) in [5.41, 5.74) is 0. The fourth-order valence-electron chi connectivity index (χ4n) is 4.82. The third-order valence-electron chi connectivity index (χ3n) is 6.02. The molecule has 2 heterocycles. The summed E-state index contributed by atoms with van der Waals surface area (Å²) in [6, 6.07) is 0.697. The maximum absolute atomic E-state index is 6.00. The lowest BCUT2D eigenvalue weighted by Gasteiger charge is -2.46. The summed E-state index contributed by atoms with van der Waals surface area (Å²) in [6.45, 7) is 4.91. The Morgan fingerprint density at radius 2 is 1.67 bits per heavy atom. The molecule has 120 valence electrons. The first-order chi connectivity index (χ1) is 10.3. The van der Waals surface area contributed by atoms with Gasteiger partial charge in [0.05, 0.1) is 25.9 Å². The van der Waals surface area contributed by atoms with Crippen molar-refractivity contribution in [2.75, 3.05) is 32.9 Å². The van der Waals surface area contributed by atoms with Crippen molar-refractivity contribution < 1.29 is 14.2 Å². The molecule has 2 atom stereocenters. The van der Waals surface area contributed by atoms with Gasteiger partial charge in [-0.25, -0.2) is 0 Å². The summed E-state index contributed by atoms with van der Waals surface area (Å²) in [6.07, 6.45) is 10.6. The van der Waals surface area contributed by atoms with E-state index in [4.69, 9.17) is 14.2 Å². The van der Waals surface area contributed by atoms with Crippen molar-refractivity contribution in [1.82, 2.24) is 4.90 Å². The van der Waals surface area contributed by atoms with Crippen molar-refractivity contribution in [1.29, 1.82) is 0 Å². The van der Waals surface area contributed by atoms with Gasteiger partial charge in [-0.3, -0.25) is 4.90 Å². The summed E-state index contributed by atoms with van der Waals surface area (Å²) in [4.78, 5) is 2.74. The maximum Gasteiger partial charge on any atom is 0.168 e. The Balaban J connectivity index is 1.31. The minimum atomic E-state index is -0.200. The maximum atomic E-state index is 6.00. The highest BCUT2D eigenvalue weighted by molar-refractivity contribution is 4.90. The Kier molecular flexibility index (Phi) is 4.23. The van der Waals surface area contributed by atoms with Gasteiger partial charge >= 0.3 is 0 Å². The van der Waals surface area contributed by atoms with Crippen LogP contribution in [0.2, 0.25) is 0 Å². The molecular weight excluding hydrogens is 266 g/mol. The fraction of sp³-hybridized carbons (Fsp3) is 1.00. The molecule has 4 aliphatic rings. The molecule has 4 nitrogen and oxygen atoms in total. The average Bonchev–Trinajstić information content (AvgIpc) is 2.99. The number of ether oxygens (including phenoxy) is 3. The van der Waals surface area contributed by atoms with E-state index >= 15 is 0 Å². The van der Waals surface area contributed by atoms with Gasteiger partial charge in [-0.2, -0.15) is 0 Å². The third-order valence-corrected chi connectivity index (χ3v) is 6.02. The lowest BCUT2D eigenvalue weighted by Crippen LogP contribution is -2.54. The molecule has 0 amide bonds. The van der Waals surface area contributed by atoms with Crippen molar-refractivity contribution >= 4 is 0 Å². The van der Waals surface area contributed by atoms with Gasteiger partial charge in [0.2, 0.25) is 0 Å². The lowest BCUT2D eigenvalue weighted by molar-refractivity contribution is -0.184. The van der Waals surface area contributed by atoms with E-state index in [1.165, 1.54) is 45.1 Å². The molecule has 0 aromatic carbocycles. The van der Waals surface area contributed by atoms with Gasteiger partial charge in [-0.15, -0.1) is 0 Å². The molecule has 0 aromatic rings. The summed E-state index contributed by atoms with van der Waals surface area (Å²) < 4.78 is 17.7. The van der Waals surface area contributed by atoms with Crippen LogP contribution in [0.25, 0.3) is 0 Å². The molecule has 2 aliphatic carbocycles. The molecule has 2 saturated heterocycles. The smallest absolute Gasteiger partial charge is 0.168 e. The first kappa shape index (κ1) is 14.4. The molecule has 1 spiro atoms. The van der Waals surface area contributed by atoms with Crippen LogP contribution in [0.3, 0.4) is 0 Å². The number of nitrogens with zero attached hydrogens (tertiary/aromatic N) is 1. The predicted molar refractivity (Wildman–Crippen MR) is 80.2 cm³/mol. The van der Waals surface area contributed by atoms with Crippen LogP contribution in [0.5, 0.6) is 0 Å². The number of hydrogen-bond acceptors (Lipinski definition) is 4. The third kappa shape index (κ3) is 3.00. The second-order valence-electron chi connectivity index (χ2n) is 7.31. The largest absolute Gasteiger partial charge is 0.375 e. The van der Waals surface area contributed by atoms with Crippen LogP contribution in [0.1, 0.15) is 51.4 Å². The van der Waals surface area contributed by atoms with E-state index in [1.54, 1.807) is 0 Å². The average molecular weight is 295 g/mol. The molecule has 0 unspecified atom stereocenters. The highest BCUT2D eigenvalue weighted by atomic mass is 16.7. The first-order valence-electron chi connectivity index (χ1n) is 8.98. The topological polar surface area (TPSA) is 30.9 Å². The van der Waals surface area contributed by atoms with Gasteiger partial charge in [0.1, 0.15) is 0 Å². The number of morpholine rings is 1. The second-order valence-corrected chi connectivity index (χ2v) is 7.31. The van der Waals surface area contributed by atoms with Gasteiger partial charge in [0.15, 0.2) is 5.79 Å². The Morgan fingerprint density at radius 3 is 2.48 bits per heavy atom. The highest BCUT2D eigenvalue weighted by Gasteiger charge is 2.41. The quantitative estimate of drug-likeness (QED) is 0.783. The number of rotatable bonds is 2. The van der Waals surface area contributed by atoms with Crippen molar-refractivity contribution in [2.24, 2.45) is 5.92 Å². The summed E-state index contributed by atoms with van der Waals surface area (Å²) in [7, 11) is 0. The monoisotopic (exact) mass is 295 g/mol. The van der Waals surface area contributed by atoms with Crippen LogP contribution in [0.15, 0.2) is 0 Å². The molecule has 4 heteroatoms. The number of fused-ring (bicyclic) bond motifs is 1. The SMILES string of the molecule is C1CC[C@H]2[C@@H](C1)OCCN2CC1CCC2(CC1)OCCO2. The van der Waals surface area contributed by atoms with Gasteiger partial charge < -0.3 is 14.2 Å². The Morgan fingerprint density at radius 1 is 0.905 bits per heavy atom. The summed E-state index contributed by atoms with van der Waals surface area (Å²) >= 11 is 0. The first-order valence-corrected chi connectivity index (χ1v) is 8.98. The Bertz CT molecular complexity index is 344. The standard InChI is InChI=1S/C17H29NO3/c1-2-4-16-15(3-1)18(9-10-19-16)13-14-5-7-17(8-6-14)20-11-12-21-17/h14-16H,1-13H2/t15-,16+/m0/s1. The van der Waals surface area contributed by atoms with E-state index in [0.717, 1.165) is 45.1 Å². The van der Waals surface area contributed by atoms with Gasteiger partial charge in [0, 0.05) is 32.0 Å². The van der Waals surface area contributed by atoms with Crippen molar-refractivity contribution in [3.8, 4) is 0 Å². The van der Waals surface area contributed by atoms with E-state index in [1.807, 2.05) is 0 Å². The molecule has 4 rings (SSSR count). The fourth-order valence-corrected chi connectivity index (χ4v) is 4.82. The summed E-state index contributed by atoms with van der Waals surface area (Å²) in [5.74, 6) is 0.624. The normalized spacial score (nSPS) is 37.7. The van der Waals surface area contributed by atoms with Crippen LogP contribution in [-0.4, -0.2) is 55.7 Å². The van der Waals surface area contributed by atoms with Crippen LogP contribution in [0, 0.1) is 5.92 Å². The lowest BCUT2D eigenvalue weighted by atomic mass is 9.83. The molecule has 0 bridgehead atoms. The molecule has 2 aliphatic heterocycles. The van der Waals surface area contributed by atoms with Crippen molar-refractivity contribution in [2.45, 2.75) is 69.3 Å². The van der Waals surface area contributed by atoms with Crippen LogP contribution in [-0.2, 0) is 14.2 Å². The minimum absolute atomic E-state index is 0.200. The van der Waals surface area contributed by atoms with Crippen molar-refractivity contribution in [3.05, 3.63) is 0 Å². The highest BCUT2D eigenvalue weighted by Crippen LogP contribution is 2.39. The molecule has 4 fully saturated rings. The van der Waals surface area contributed by atoms with Crippen molar-refractivity contribution in [3.63, 3.8) is 0 Å². The zero-order chi connectivity index (χ0) is 14.1. The molecule has 2 saturated carbocycles. The zero-order valence-electron chi connectivity index (χ0n) is 13.1. The van der Waals surface area contributed by atoms with E-state index in [0.29, 0.717) is 12.1 Å². The van der Waals surface area contributed by atoms with E-state index in [2.05, 4.69) is 4.90 Å². The van der Waals surface area contributed by atoms with Gasteiger partial charge in [-0.05, 0) is 31.6 Å². The number of hydrogen-bond donors (Lipinski definition) is 0. The van der Waals surface area contributed by atoms with Gasteiger partial charge in [-0.1, -0.05) is 12.8 Å². The molecule has 0 N–H and O–H groups in total. The molecule has 0 radical (unpaired) electrons. The Hall–Kier alpha value is -0.160. The molecular formula is C17H29NO3.